The summed E-state index contributed by atoms with van der Waals surface area (Å²) in [5, 5.41) is 2.86. The minimum Gasteiger partial charge on any atom is -0.496 e. The summed E-state index contributed by atoms with van der Waals surface area (Å²) in [6.45, 7) is 4.15. The van der Waals surface area contributed by atoms with Gasteiger partial charge in [-0.15, -0.1) is 0 Å². The third-order valence-corrected chi connectivity index (χ3v) is 3.31. The number of methoxy groups -OCH3 is 1. The van der Waals surface area contributed by atoms with Gasteiger partial charge in [-0.1, -0.05) is 15.9 Å². The van der Waals surface area contributed by atoms with Gasteiger partial charge in [-0.05, 0) is 38.1 Å². The van der Waals surface area contributed by atoms with Gasteiger partial charge in [-0.25, -0.2) is 0 Å². The Balaban J connectivity index is 3.38. The predicted octanol–water partition coefficient (Wildman–Crippen LogP) is 2.48. The Morgan fingerprint density at radius 3 is 2.62 bits per heavy atom. The van der Waals surface area contributed by atoms with E-state index in [9.17, 15) is 4.79 Å². The Labute approximate surface area is 104 Å². The Bertz CT molecular complexity index is 416. The first-order valence-corrected chi connectivity index (χ1v) is 5.83. The molecule has 0 aliphatic rings. The average Bonchev–Trinajstić information content (AvgIpc) is 2.23. The molecule has 1 aromatic carbocycles. The number of aryl methyl sites for hydroxylation is 1. The Hall–Kier alpha value is -0.870. The monoisotopic (exact) mass is 285 g/mol. The summed E-state index contributed by atoms with van der Waals surface area (Å²) < 4.78 is 6.25. The maximum atomic E-state index is 12.0. The fraction of sp³-hybridized carbons (Fsp3) is 0.417. The maximum absolute atomic E-state index is 12.0. The number of Topliss-reactive ketones (excluding diaryl/α,β-unsaturated/α-hetero) is 1. The molecule has 0 aromatic heterocycles. The van der Waals surface area contributed by atoms with Gasteiger partial charge in [0.25, 0.3) is 0 Å². The van der Waals surface area contributed by atoms with E-state index >= 15 is 0 Å². The van der Waals surface area contributed by atoms with Crippen molar-refractivity contribution in [3.63, 3.8) is 0 Å². The molecule has 0 atom stereocenters. The molecule has 1 rings (SSSR count). The standard InChI is InChI=1S/C12H16BrNO2/c1-7-5-9(13)8(2)11(12(7)16-4)10(15)6-14-3/h5,14H,6H2,1-4H3. The number of halogens is 1. The quantitative estimate of drug-likeness (QED) is 0.864. The van der Waals surface area contributed by atoms with Crippen LogP contribution in [-0.4, -0.2) is 26.5 Å². The van der Waals surface area contributed by atoms with E-state index in [0.29, 0.717) is 17.9 Å². The van der Waals surface area contributed by atoms with Crippen LogP contribution in [-0.2, 0) is 0 Å². The number of ketones is 1. The molecule has 0 bridgehead atoms. The van der Waals surface area contributed by atoms with Crippen LogP contribution in [0.3, 0.4) is 0 Å². The van der Waals surface area contributed by atoms with Crippen molar-refractivity contribution in [3.05, 3.63) is 27.2 Å². The molecule has 0 amide bonds. The first-order chi connectivity index (χ1) is 7.52. The molecule has 3 nitrogen and oxygen atoms in total. The van der Waals surface area contributed by atoms with Gasteiger partial charge in [-0.3, -0.25) is 4.79 Å². The smallest absolute Gasteiger partial charge is 0.180 e. The van der Waals surface area contributed by atoms with Crippen molar-refractivity contribution >= 4 is 21.7 Å². The summed E-state index contributed by atoms with van der Waals surface area (Å²) >= 11 is 3.45. The highest BCUT2D eigenvalue weighted by Crippen LogP contribution is 2.32. The second-order valence-corrected chi connectivity index (χ2v) is 4.52. The van der Waals surface area contributed by atoms with Crippen molar-refractivity contribution in [2.24, 2.45) is 0 Å². The van der Waals surface area contributed by atoms with Crippen LogP contribution >= 0.6 is 15.9 Å². The molecular formula is C12H16BrNO2. The minimum absolute atomic E-state index is 0.0428. The van der Waals surface area contributed by atoms with E-state index in [0.717, 1.165) is 15.6 Å². The van der Waals surface area contributed by atoms with E-state index in [1.807, 2.05) is 19.9 Å². The molecule has 0 fully saturated rings. The normalized spacial score (nSPS) is 10.3. The summed E-state index contributed by atoms with van der Waals surface area (Å²) in [6, 6.07) is 1.96. The predicted molar refractivity (Wildman–Crippen MR) is 68.4 cm³/mol. The third-order valence-electron chi connectivity index (χ3n) is 2.48. The van der Waals surface area contributed by atoms with E-state index < -0.39 is 0 Å². The number of benzene rings is 1. The van der Waals surface area contributed by atoms with Crippen molar-refractivity contribution in [2.45, 2.75) is 13.8 Å². The number of hydrogen-bond donors (Lipinski definition) is 1. The lowest BCUT2D eigenvalue weighted by Crippen LogP contribution is -2.20. The van der Waals surface area contributed by atoms with Gasteiger partial charge >= 0.3 is 0 Å². The van der Waals surface area contributed by atoms with Crippen molar-refractivity contribution in [1.82, 2.24) is 5.32 Å². The highest BCUT2D eigenvalue weighted by atomic mass is 79.9. The van der Waals surface area contributed by atoms with E-state index in [1.54, 1.807) is 14.2 Å². The van der Waals surface area contributed by atoms with Gasteiger partial charge in [0.15, 0.2) is 5.78 Å². The van der Waals surface area contributed by atoms with Crippen molar-refractivity contribution in [2.75, 3.05) is 20.7 Å². The van der Waals surface area contributed by atoms with Crippen LogP contribution in [0.5, 0.6) is 5.75 Å². The van der Waals surface area contributed by atoms with Gasteiger partial charge in [0.2, 0.25) is 0 Å². The number of hydrogen-bond acceptors (Lipinski definition) is 3. The van der Waals surface area contributed by atoms with Crippen LogP contribution in [0.1, 0.15) is 21.5 Å². The zero-order chi connectivity index (χ0) is 12.3. The third kappa shape index (κ3) is 2.44. The molecule has 0 aliphatic carbocycles. The Morgan fingerprint density at radius 1 is 1.50 bits per heavy atom. The molecule has 0 saturated heterocycles. The fourth-order valence-electron chi connectivity index (χ4n) is 1.70. The van der Waals surface area contributed by atoms with Gasteiger partial charge in [-0.2, -0.15) is 0 Å². The van der Waals surface area contributed by atoms with Gasteiger partial charge in [0.05, 0.1) is 19.2 Å². The fourth-order valence-corrected chi connectivity index (χ4v) is 2.24. The van der Waals surface area contributed by atoms with Crippen LogP contribution in [0.2, 0.25) is 0 Å². The molecule has 88 valence electrons. The molecule has 4 heteroatoms. The zero-order valence-electron chi connectivity index (χ0n) is 9.98. The Kier molecular flexibility index (Phi) is 4.50. The first-order valence-electron chi connectivity index (χ1n) is 5.04. The first kappa shape index (κ1) is 13.2. The number of carbonyl (C=O) groups is 1. The van der Waals surface area contributed by atoms with Crippen LogP contribution in [0, 0.1) is 13.8 Å². The molecule has 0 unspecified atom stereocenters. The van der Waals surface area contributed by atoms with E-state index in [-0.39, 0.29) is 5.78 Å². The molecule has 0 aliphatic heterocycles. The van der Waals surface area contributed by atoms with Crippen molar-refractivity contribution in [1.29, 1.82) is 0 Å². The van der Waals surface area contributed by atoms with E-state index in [2.05, 4.69) is 21.2 Å². The number of nitrogens with one attached hydrogen (secondary N) is 1. The lowest BCUT2D eigenvalue weighted by molar-refractivity contribution is 0.0990. The molecule has 0 saturated carbocycles. The molecule has 1 N–H and O–H groups in total. The number of ether oxygens (including phenoxy) is 1. The van der Waals surface area contributed by atoms with Crippen molar-refractivity contribution in [3.8, 4) is 5.75 Å². The topological polar surface area (TPSA) is 38.3 Å². The molecule has 0 spiro atoms. The van der Waals surface area contributed by atoms with Crippen LogP contribution in [0.15, 0.2) is 10.5 Å². The van der Waals surface area contributed by atoms with Gasteiger partial charge in [0, 0.05) is 4.47 Å². The average molecular weight is 286 g/mol. The summed E-state index contributed by atoms with van der Waals surface area (Å²) in [5.41, 5.74) is 2.53. The molecule has 0 heterocycles. The SMILES string of the molecule is CNCC(=O)c1c(C)c(Br)cc(C)c1OC. The largest absolute Gasteiger partial charge is 0.496 e. The molecule has 1 aromatic rings. The van der Waals surface area contributed by atoms with Crippen molar-refractivity contribution < 1.29 is 9.53 Å². The van der Waals surface area contributed by atoms with Crippen LogP contribution in [0.4, 0.5) is 0 Å². The summed E-state index contributed by atoms with van der Waals surface area (Å²) in [5.74, 6) is 0.710. The summed E-state index contributed by atoms with van der Waals surface area (Å²) in [4.78, 5) is 12.0. The number of rotatable bonds is 4. The van der Waals surface area contributed by atoms with Gasteiger partial charge in [0.1, 0.15) is 5.75 Å². The molecular weight excluding hydrogens is 270 g/mol. The van der Waals surface area contributed by atoms with E-state index in [1.165, 1.54) is 0 Å². The number of carbonyl (C=O) groups excluding carboxylic acids is 1. The highest BCUT2D eigenvalue weighted by Gasteiger charge is 2.18. The molecule has 0 radical (unpaired) electrons. The lowest BCUT2D eigenvalue weighted by atomic mass is 10.00. The summed E-state index contributed by atoms with van der Waals surface area (Å²) in [6.07, 6.45) is 0. The number of likely N-dealkylation sites (N-methyl/N-ethyl adjacent to an activating group) is 1. The van der Waals surface area contributed by atoms with Crippen LogP contribution in [0.25, 0.3) is 0 Å². The summed E-state index contributed by atoms with van der Waals surface area (Å²) in [7, 11) is 3.34. The second kappa shape index (κ2) is 5.46. The van der Waals surface area contributed by atoms with Crippen LogP contribution < -0.4 is 10.1 Å². The highest BCUT2D eigenvalue weighted by molar-refractivity contribution is 9.10. The zero-order valence-corrected chi connectivity index (χ0v) is 11.6. The lowest BCUT2D eigenvalue weighted by Gasteiger charge is -2.14. The Morgan fingerprint density at radius 2 is 2.12 bits per heavy atom. The molecule has 16 heavy (non-hydrogen) atoms. The second-order valence-electron chi connectivity index (χ2n) is 3.66. The van der Waals surface area contributed by atoms with Gasteiger partial charge < -0.3 is 10.1 Å². The maximum Gasteiger partial charge on any atom is 0.180 e. The minimum atomic E-state index is 0.0428. The van der Waals surface area contributed by atoms with E-state index in [4.69, 9.17) is 4.74 Å².